The summed E-state index contributed by atoms with van der Waals surface area (Å²) in [5, 5.41) is 18.8. The van der Waals surface area contributed by atoms with Gasteiger partial charge >= 0.3 is 24.3 Å². The molecular weight excluding hydrogens is 548 g/mol. The van der Waals surface area contributed by atoms with Gasteiger partial charge in [0.05, 0.1) is 22.9 Å². The number of aliphatic carboxylic acids is 2. The van der Waals surface area contributed by atoms with Gasteiger partial charge in [-0.1, -0.05) is 0 Å². The van der Waals surface area contributed by atoms with Gasteiger partial charge in [-0.15, -0.1) is 11.3 Å². The lowest BCUT2D eigenvalue weighted by atomic mass is 10.1. The van der Waals surface area contributed by atoms with Crippen molar-refractivity contribution in [1.29, 1.82) is 0 Å². The van der Waals surface area contributed by atoms with Gasteiger partial charge in [-0.05, 0) is 25.8 Å². The van der Waals surface area contributed by atoms with Crippen LogP contribution in [0, 0.1) is 6.92 Å². The molecule has 2 aliphatic rings. The zero-order valence-corrected chi connectivity index (χ0v) is 20.8. The van der Waals surface area contributed by atoms with Crippen molar-refractivity contribution in [3.8, 4) is 0 Å². The molecule has 2 aromatic rings. The number of nitrogens with zero attached hydrogens (tertiary/aromatic N) is 5. The summed E-state index contributed by atoms with van der Waals surface area (Å²) in [6.45, 7) is 6.69. The lowest BCUT2D eigenvalue weighted by Gasteiger charge is -2.34. The third kappa shape index (κ3) is 9.27. The van der Waals surface area contributed by atoms with E-state index in [9.17, 15) is 31.1 Å². The van der Waals surface area contributed by atoms with Crippen LogP contribution in [0.3, 0.4) is 0 Å². The number of thiazole rings is 1. The van der Waals surface area contributed by atoms with E-state index in [2.05, 4.69) is 32.7 Å². The van der Waals surface area contributed by atoms with Crippen molar-refractivity contribution in [2.24, 2.45) is 0 Å². The minimum atomic E-state index is -5.08. The van der Waals surface area contributed by atoms with Crippen molar-refractivity contribution in [3.05, 3.63) is 34.0 Å². The third-order valence-corrected chi connectivity index (χ3v) is 6.47. The Morgan fingerprint density at radius 3 is 2.21 bits per heavy atom. The summed E-state index contributed by atoms with van der Waals surface area (Å²) in [6, 6.07) is 2.45. The maximum absolute atomic E-state index is 11.8. The van der Waals surface area contributed by atoms with Crippen LogP contribution < -0.4 is 0 Å². The number of aromatic nitrogens is 3. The largest absolute Gasteiger partial charge is 0.490 e. The fraction of sp³-hybridized carbons (Fsp3) is 0.571. The number of carbonyl (C=O) groups is 3. The molecule has 0 aromatic carbocycles. The van der Waals surface area contributed by atoms with E-state index < -0.39 is 24.3 Å². The topological polar surface area (TPSA) is 129 Å². The van der Waals surface area contributed by atoms with E-state index in [1.165, 1.54) is 10.6 Å². The number of aryl methyl sites for hydroxylation is 1. The van der Waals surface area contributed by atoms with Gasteiger partial charge in [-0.3, -0.25) is 14.4 Å². The number of halogens is 6. The molecule has 0 bridgehead atoms. The first-order valence-corrected chi connectivity index (χ1v) is 12.0. The number of carboxylic acids is 2. The zero-order chi connectivity index (χ0) is 28.7. The molecule has 1 amide bonds. The molecule has 4 heterocycles. The van der Waals surface area contributed by atoms with E-state index in [4.69, 9.17) is 19.8 Å². The molecule has 0 spiro atoms. The molecule has 0 aliphatic carbocycles. The highest BCUT2D eigenvalue weighted by atomic mass is 32.1. The average Bonchev–Trinajstić information content (AvgIpc) is 3.54. The standard InChI is InChI=1S/C17H23N5OS.2C2HF3O2/c1-13-16(24-12-18-13)11-20-9-14-4-6-19-22(14)15(10-20)5-8-21-7-2-3-17(21)23;2*3-2(4,5)1(6)7/h4,6,12,15H,2-3,5,7-11H2,1H3;2*(H,6,7). The second-order valence-corrected chi connectivity index (χ2v) is 9.27. The second-order valence-electron chi connectivity index (χ2n) is 8.33. The van der Waals surface area contributed by atoms with Gasteiger partial charge in [0.15, 0.2) is 0 Å². The Morgan fingerprint density at radius 1 is 1.13 bits per heavy atom. The molecule has 1 atom stereocenters. The van der Waals surface area contributed by atoms with Gasteiger partial charge in [-0.25, -0.2) is 14.6 Å². The van der Waals surface area contributed by atoms with Crippen LogP contribution in [0.4, 0.5) is 26.3 Å². The SMILES string of the molecule is Cc1ncsc1CN1Cc2ccnn2C(CCN2CCCC2=O)C1.O=C(O)C(F)(F)F.O=C(O)C(F)(F)F. The lowest BCUT2D eigenvalue weighted by Crippen LogP contribution is -2.39. The number of hydrogen-bond donors (Lipinski definition) is 2. The van der Waals surface area contributed by atoms with Crippen LogP contribution in [0.5, 0.6) is 0 Å². The fourth-order valence-corrected chi connectivity index (χ4v) is 4.54. The molecule has 1 fully saturated rings. The van der Waals surface area contributed by atoms with Crippen LogP contribution in [0.1, 0.15) is 41.6 Å². The number of alkyl halides is 6. The normalized spacial score (nSPS) is 17.7. The first-order chi connectivity index (χ1) is 17.6. The molecule has 2 aliphatic heterocycles. The highest BCUT2D eigenvalue weighted by molar-refractivity contribution is 7.09. The monoisotopic (exact) mass is 573 g/mol. The summed E-state index contributed by atoms with van der Waals surface area (Å²) in [4.78, 5) is 39.8. The molecule has 2 N–H and O–H groups in total. The van der Waals surface area contributed by atoms with Gasteiger partial charge in [0.25, 0.3) is 0 Å². The number of amides is 1. The Kier molecular flexibility index (Phi) is 10.6. The molecule has 212 valence electrons. The van der Waals surface area contributed by atoms with Crippen LogP contribution in [-0.2, 0) is 27.5 Å². The second kappa shape index (κ2) is 13.0. The smallest absolute Gasteiger partial charge is 0.475 e. The van der Waals surface area contributed by atoms with Crippen LogP contribution in [0.15, 0.2) is 17.8 Å². The van der Waals surface area contributed by atoms with Crippen LogP contribution in [-0.4, -0.2) is 84.6 Å². The summed E-state index contributed by atoms with van der Waals surface area (Å²) < 4.78 is 65.6. The van der Waals surface area contributed by atoms with Gasteiger partial charge in [0, 0.05) is 50.2 Å². The van der Waals surface area contributed by atoms with Gasteiger partial charge in [-0.2, -0.15) is 31.4 Å². The van der Waals surface area contributed by atoms with E-state index in [1.807, 2.05) is 16.6 Å². The molecule has 2 aromatic heterocycles. The Bertz CT molecular complexity index is 1080. The van der Waals surface area contributed by atoms with E-state index >= 15 is 0 Å². The lowest BCUT2D eigenvalue weighted by molar-refractivity contribution is -0.193. The van der Waals surface area contributed by atoms with E-state index in [1.54, 1.807) is 11.3 Å². The fourth-order valence-electron chi connectivity index (χ4n) is 3.73. The zero-order valence-electron chi connectivity index (χ0n) is 20.0. The Hall–Kier alpha value is -3.21. The predicted octanol–water partition coefficient (Wildman–Crippen LogP) is 3.48. The maximum atomic E-state index is 11.8. The minimum absolute atomic E-state index is 0.309. The third-order valence-electron chi connectivity index (χ3n) is 5.55. The number of hydrogen-bond acceptors (Lipinski definition) is 7. The Labute approximate surface area is 216 Å². The molecule has 1 unspecified atom stereocenters. The predicted molar refractivity (Wildman–Crippen MR) is 120 cm³/mol. The number of rotatable bonds is 5. The Balaban J connectivity index is 0.000000301. The van der Waals surface area contributed by atoms with Crippen molar-refractivity contribution in [3.63, 3.8) is 0 Å². The van der Waals surface area contributed by atoms with Crippen molar-refractivity contribution < 1.29 is 50.9 Å². The van der Waals surface area contributed by atoms with Crippen LogP contribution >= 0.6 is 11.3 Å². The van der Waals surface area contributed by atoms with Crippen molar-refractivity contribution >= 4 is 29.2 Å². The van der Waals surface area contributed by atoms with Crippen molar-refractivity contribution in [2.75, 3.05) is 19.6 Å². The summed E-state index contributed by atoms with van der Waals surface area (Å²) in [7, 11) is 0. The summed E-state index contributed by atoms with van der Waals surface area (Å²) >= 11 is 1.73. The Morgan fingerprint density at radius 2 is 1.74 bits per heavy atom. The van der Waals surface area contributed by atoms with E-state index in [0.717, 1.165) is 51.3 Å². The molecule has 38 heavy (non-hydrogen) atoms. The molecule has 1 saturated heterocycles. The summed E-state index contributed by atoms with van der Waals surface area (Å²) in [6.07, 6.45) is -5.58. The summed E-state index contributed by atoms with van der Waals surface area (Å²) in [5.74, 6) is -5.20. The molecular formula is C21H25F6N5O5S. The quantitative estimate of drug-likeness (QED) is 0.521. The summed E-state index contributed by atoms with van der Waals surface area (Å²) in [5.41, 5.74) is 4.33. The highest BCUT2D eigenvalue weighted by Crippen LogP contribution is 2.26. The molecule has 0 radical (unpaired) electrons. The highest BCUT2D eigenvalue weighted by Gasteiger charge is 2.39. The molecule has 17 heteroatoms. The number of carbonyl (C=O) groups excluding carboxylic acids is 1. The van der Waals surface area contributed by atoms with Crippen LogP contribution in [0.25, 0.3) is 0 Å². The molecule has 4 rings (SSSR count). The minimum Gasteiger partial charge on any atom is -0.475 e. The molecule has 10 nitrogen and oxygen atoms in total. The number of fused-ring (bicyclic) bond motifs is 1. The van der Waals surface area contributed by atoms with E-state index in [0.29, 0.717) is 18.4 Å². The maximum Gasteiger partial charge on any atom is 0.490 e. The number of carboxylic acid groups (broad SMARTS) is 2. The molecule has 0 saturated carbocycles. The first-order valence-electron chi connectivity index (χ1n) is 11.1. The number of likely N-dealkylation sites (tertiary alicyclic amines) is 1. The van der Waals surface area contributed by atoms with Crippen LogP contribution in [0.2, 0.25) is 0 Å². The average molecular weight is 574 g/mol. The first kappa shape index (κ1) is 31.0. The van der Waals surface area contributed by atoms with Crippen molar-refractivity contribution in [2.45, 2.75) is 57.7 Å². The van der Waals surface area contributed by atoms with Crippen molar-refractivity contribution in [1.82, 2.24) is 24.6 Å². The van der Waals surface area contributed by atoms with Gasteiger partial charge in [0.2, 0.25) is 5.91 Å². The van der Waals surface area contributed by atoms with Gasteiger partial charge in [0.1, 0.15) is 0 Å². The van der Waals surface area contributed by atoms with E-state index in [-0.39, 0.29) is 0 Å². The van der Waals surface area contributed by atoms with Gasteiger partial charge < -0.3 is 15.1 Å².